The second kappa shape index (κ2) is 7.31. The molecule has 0 unspecified atom stereocenters. The van der Waals surface area contributed by atoms with E-state index in [2.05, 4.69) is 27.1 Å². The molecule has 1 amide bonds. The monoisotopic (exact) mass is 364 g/mol. The maximum atomic E-state index is 13.0. The Labute approximate surface area is 149 Å². The van der Waals surface area contributed by atoms with Crippen LogP contribution in [0.3, 0.4) is 0 Å². The lowest BCUT2D eigenvalue weighted by Crippen LogP contribution is -2.34. The van der Waals surface area contributed by atoms with E-state index in [-0.39, 0.29) is 5.69 Å². The zero-order valence-electron chi connectivity index (χ0n) is 14.3. The van der Waals surface area contributed by atoms with Crippen LogP contribution in [0.2, 0.25) is 0 Å². The van der Waals surface area contributed by atoms with Crippen molar-refractivity contribution in [2.45, 2.75) is 25.9 Å². The molecule has 1 aromatic carbocycles. The molecule has 1 saturated heterocycles. The maximum absolute atomic E-state index is 13.0. The Kier molecular flexibility index (Phi) is 5.11. The van der Waals surface area contributed by atoms with Gasteiger partial charge in [-0.25, -0.2) is 9.97 Å². The summed E-state index contributed by atoms with van der Waals surface area (Å²) in [6.45, 7) is 3.94. The van der Waals surface area contributed by atoms with Crippen molar-refractivity contribution in [1.29, 1.82) is 0 Å². The third kappa shape index (κ3) is 4.12. The van der Waals surface area contributed by atoms with Gasteiger partial charge in [-0.1, -0.05) is 19.1 Å². The fourth-order valence-corrected chi connectivity index (χ4v) is 2.88. The number of carbonyl (C=O) groups is 1. The van der Waals surface area contributed by atoms with E-state index in [9.17, 15) is 18.0 Å². The summed E-state index contributed by atoms with van der Waals surface area (Å²) in [7, 11) is 0. The van der Waals surface area contributed by atoms with Gasteiger partial charge < -0.3 is 10.2 Å². The van der Waals surface area contributed by atoms with Gasteiger partial charge in [-0.3, -0.25) is 4.79 Å². The number of hydrogen-bond acceptors (Lipinski definition) is 4. The average Bonchev–Trinajstić information content (AvgIpc) is 2.62. The second-order valence-corrected chi connectivity index (χ2v) is 6.44. The van der Waals surface area contributed by atoms with Crippen molar-refractivity contribution in [2.75, 3.05) is 23.3 Å². The van der Waals surface area contributed by atoms with E-state index in [1.165, 1.54) is 24.5 Å². The average molecular weight is 364 g/mol. The van der Waals surface area contributed by atoms with Crippen molar-refractivity contribution in [3.05, 3.63) is 47.8 Å². The van der Waals surface area contributed by atoms with Gasteiger partial charge in [0, 0.05) is 13.1 Å². The number of amides is 1. The number of hydrogen-bond donors (Lipinski definition) is 1. The van der Waals surface area contributed by atoms with Crippen molar-refractivity contribution < 1.29 is 18.0 Å². The largest absolute Gasteiger partial charge is 0.417 e. The van der Waals surface area contributed by atoms with E-state index in [4.69, 9.17) is 0 Å². The van der Waals surface area contributed by atoms with Crippen LogP contribution in [-0.2, 0) is 6.18 Å². The lowest BCUT2D eigenvalue weighted by atomic mass is 10.00. The molecule has 0 spiro atoms. The number of benzene rings is 1. The Morgan fingerprint density at radius 1 is 1.15 bits per heavy atom. The van der Waals surface area contributed by atoms with Gasteiger partial charge in [0.1, 0.15) is 0 Å². The Morgan fingerprint density at radius 3 is 2.38 bits per heavy atom. The second-order valence-electron chi connectivity index (χ2n) is 6.44. The van der Waals surface area contributed by atoms with Crippen LogP contribution < -0.4 is 10.2 Å². The summed E-state index contributed by atoms with van der Waals surface area (Å²) >= 11 is 0. The first-order valence-corrected chi connectivity index (χ1v) is 8.39. The number of aromatic nitrogens is 2. The van der Waals surface area contributed by atoms with E-state index < -0.39 is 23.2 Å². The number of halogens is 3. The zero-order valence-corrected chi connectivity index (χ0v) is 14.3. The predicted molar refractivity (Wildman–Crippen MR) is 92.0 cm³/mol. The molecule has 2 heterocycles. The van der Waals surface area contributed by atoms with Gasteiger partial charge in [0.25, 0.3) is 5.91 Å². The lowest BCUT2D eigenvalue weighted by Gasteiger charge is -2.30. The molecule has 138 valence electrons. The van der Waals surface area contributed by atoms with Gasteiger partial charge in [0.05, 0.1) is 29.2 Å². The van der Waals surface area contributed by atoms with Crippen LogP contribution in [-0.4, -0.2) is 29.0 Å². The first-order chi connectivity index (χ1) is 12.3. The predicted octanol–water partition coefficient (Wildman–Crippen LogP) is 3.98. The van der Waals surface area contributed by atoms with Crippen LogP contribution in [0.15, 0.2) is 36.7 Å². The fraction of sp³-hybridized carbons (Fsp3) is 0.389. The van der Waals surface area contributed by atoms with Crippen LogP contribution in [0.1, 0.15) is 35.7 Å². The number of nitrogens with zero attached hydrogens (tertiary/aromatic N) is 3. The molecule has 0 saturated carbocycles. The normalized spacial score (nSPS) is 15.8. The molecule has 1 aromatic heterocycles. The minimum Gasteiger partial charge on any atom is -0.341 e. The molecule has 26 heavy (non-hydrogen) atoms. The summed E-state index contributed by atoms with van der Waals surface area (Å²) in [6, 6.07) is 4.66. The molecule has 0 radical (unpaired) electrons. The molecule has 1 aliphatic heterocycles. The summed E-state index contributed by atoms with van der Waals surface area (Å²) in [5.74, 6) is 0.394. The van der Waals surface area contributed by atoms with Gasteiger partial charge in [-0.05, 0) is 30.9 Å². The molecular weight excluding hydrogens is 345 g/mol. The van der Waals surface area contributed by atoms with E-state index in [1.54, 1.807) is 0 Å². The molecule has 0 bridgehead atoms. The van der Waals surface area contributed by atoms with Gasteiger partial charge in [-0.2, -0.15) is 13.2 Å². The highest BCUT2D eigenvalue weighted by molar-refractivity contribution is 6.05. The molecule has 3 rings (SSSR count). The fourth-order valence-electron chi connectivity index (χ4n) is 2.88. The third-order valence-electron chi connectivity index (χ3n) is 4.44. The maximum Gasteiger partial charge on any atom is 0.417 e. The summed E-state index contributed by atoms with van der Waals surface area (Å²) in [5, 5.41) is 2.43. The van der Waals surface area contributed by atoms with Crippen molar-refractivity contribution in [2.24, 2.45) is 5.92 Å². The zero-order chi connectivity index (χ0) is 18.7. The Morgan fingerprint density at radius 2 is 1.77 bits per heavy atom. The number of piperidine rings is 1. The molecule has 0 aliphatic carbocycles. The topological polar surface area (TPSA) is 58.1 Å². The summed E-state index contributed by atoms with van der Waals surface area (Å²) in [6.07, 6.45) is 0.356. The number of carbonyl (C=O) groups excluding carboxylic acids is 1. The molecular formula is C18H19F3N4O. The number of rotatable bonds is 3. The Bertz CT molecular complexity index is 769. The number of anilines is 2. The number of alkyl halides is 3. The van der Waals surface area contributed by atoms with E-state index in [0.717, 1.165) is 38.1 Å². The summed E-state index contributed by atoms with van der Waals surface area (Å²) in [4.78, 5) is 22.7. The van der Waals surface area contributed by atoms with Crippen LogP contribution in [0, 0.1) is 5.92 Å². The highest BCUT2D eigenvalue weighted by atomic mass is 19.4. The molecule has 5 nitrogen and oxygen atoms in total. The Hall–Kier alpha value is -2.64. The first kappa shape index (κ1) is 18.2. The van der Waals surface area contributed by atoms with Gasteiger partial charge >= 0.3 is 6.18 Å². The molecule has 2 aromatic rings. The minimum atomic E-state index is -4.60. The minimum absolute atomic E-state index is 0.251. The molecule has 8 heteroatoms. The molecule has 0 atom stereocenters. The summed E-state index contributed by atoms with van der Waals surface area (Å²) < 4.78 is 39.1. The van der Waals surface area contributed by atoms with Crippen molar-refractivity contribution in [3.8, 4) is 0 Å². The van der Waals surface area contributed by atoms with Crippen LogP contribution >= 0.6 is 0 Å². The SMILES string of the molecule is CC1CCN(c2ncc(NC(=O)c3ccccc3C(F)(F)F)cn2)CC1. The van der Waals surface area contributed by atoms with Crippen LogP contribution in [0.25, 0.3) is 0 Å². The molecule has 1 N–H and O–H groups in total. The van der Waals surface area contributed by atoms with Gasteiger partial charge in [0.2, 0.25) is 5.95 Å². The standard InChI is InChI=1S/C18H19F3N4O/c1-12-6-8-25(9-7-12)17-22-10-13(11-23-17)24-16(26)14-4-2-3-5-15(14)18(19,20)21/h2-5,10-12H,6-9H2,1H3,(H,24,26). The van der Waals surface area contributed by atoms with E-state index in [1.807, 2.05) is 0 Å². The van der Waals surface area contributed by atoms with Gasteiger partial charge in [0.15, 0.2) is 0 Å². The number of nitrogens with one attached hydrogen (secondary N) is 1. The van der Waals surface area contributed by atoms with Crippen molar-refractivity contribution in [3.63, 3.8) is 0 Å². The molecule has 1 fully saturated rings. The quantitative estimate of drug-likeness (QED) is 0.895. The van der Waals surface area contributed by atoms with Crippen LogP contribution in [0.4, 0.5) is 24.8 Å². The third-order valence-corrected chi connectivity index (χ3v) is 4.44. The smallest absolute Gasteiger partial charge is 0.341 e. The highest BCUT2D eigenvalue weighted by Crippen LogP contribution is 2.32. The van der Waals surface area contributed by atoms with Crippen molar-refractivity contribution >= 4 is 17.5 Å². The molecule has 1 aliphatic rings. The Balaban J connectivity index is 1.71. The first-order valence-electron chi connectivity index (χ1n) is 8.39. The van der Waals surface area contributed by atoms with Crippen molar-refractivity contribution in [1.82, 2.24) is 9.97 Å². The van der Waals surface area contributed by atoms with Crippen LogP contribution in [0.5, 0.6) is 0 Å². The van der Waals surface area contributed by atoms with E-state index >= 15 is 0 Å². The van der Waals surface area contributed by atoms with E-state index in [0.29, 0.717) is 11.9 Å². The highest BCUT2D eigenvalue weighted by Gasteiger charge is 2.34. The summed E-state index contributed by atoms with van der Waals surface area (Å²) in [5.41, 5.74) is -1.16. The lowest BCUT2D eigenvalue weighted by molar-refractivity contribution is -0.137. The van der Waals surface area contributed by atoms with Gasteiger partial charge in [-0.15, -0.1) is 0 Å².